The van der Waals surface area contributed by atoms with Crippen molar-refractivity contribution in [3.63, 3.8) is 0 Å². The lowest BCUT2D eigenvalue weighted by molar-refractivity contribution is 0.853. The van der Waals surface area contributed by atoms with Gasteiger partial charge in [0.1, 0.15) is 0 Å². The Morgan fingerprint density at radius 1 is 1.38 bits per heavy atom. The summed E-state index contributed by atoms with van der Waals surface area (Å²) in [5.41, 5.74) is 5.24. The van der Waals surface area contributed by atoms with Gasteiger partial charge in [0.05, 0.1) is 0 Å². The summed E-state index contributed by atoms with van der Waals surface area (Å²) in [6.45, 7) is 8.42. The first-order valence-electron chi connectivity index (χ1n) is 4.75. The van der Waals surface area contributed by atoms with E-state index < -0.39 is 0 Å². The second-order valence-corrected chi connectivity index (χ2v) is 3.93. The molecule has 0 saturated heterocycles. The molecule has 1 aromatic rings. The first kappa shape index (κ1) is 8.36. The van der Waals surface area contributed by atoms with Gasteiger partial charge in [-0.05, 0) is 23.1 Å². The molecule has 68 valence electrons. The molecule has 1 aliphatic rings. The first-order valence-corrected chi connectivity index (χ1v) is 4.75. The molecule has 1 aliphatic heterocycles. The summed E-state index contributed by atoms with van der Waals surface area (Å²) in [6, 6.07) is 6.45. The van der Waals surface area contributed by atoms with Gasteiger partial charge < -0.3 is 5.32 Å². The Morgan fingerprint density at radius 3 is 2.85 bits per heavy atom. The molecule has 0 fully saturated rings. The maximum atomic E-state index is 3.96. The molecule has 0 spiro atoms. The normalized spacial score (nSPS) is 14.5. The summed E-state index contributed by atoms with van der Waals surface area (Å²) in [5, 5.41) is 3.30. The molecular weight excluding hydrogens is 158 g/mol. The van der Waals surface area contributed by atoms with Crippen LogP contribution in [-0.4, -0.2) is 0 Å². The highest BCUT2D eigenvalue weighted by atomic mass is 14.9. The Balaban J connectivity index is 2.51. The predicted molar refractivity (Wildman–Crippen MR) is 57.0 cm³/mol. The maximum absolute atomic E-state index is 3.96. The Kier molecular flexibility index (Phi) is 1.87. The maximum Gasteiger partial charge on any atom is 0.0421 e. The molecule has 2 rings (SSSR count). The van der Waals surface area contributed by atoms with Gasteiger partial charge in [-0.25, -0.2) is 0 Å². The van der Waals surface area contributed by atoms with Gasteiger partial charge in [-0.2, -0.15) is 0 Å². The number of anilines is 1. The lowest BCUT2D eigenvalue weighted by atomic mass is 9.95. The topological polar surface area (TPSA) is 12.0 Å². The van der Waals surface area contributed by atoms with Crippen molar-refractivity contribution in [3.05, 3.63) is 41.6 Å². The van der Waals surface area contributed by atoms with E-state index in [-0.39, 0.29) is 0 Å². The van der Waals surface area contributed by atoms with Crippen LogP contribution in [0.3, 0.4) is 0 Å². The third kappa shape index (κ3) is 1.35. The minimum Gasteiger partial charge on any atom is -0.359 e. The van der Waals surface area contributed by atoms with Gasteiger partial charge in [-0.3, -0.25) is 0 Å². The van der Waals surface area contributed by atoms with Crippen LogP contribution in [0.5, 0.6) is 0 Å². The molecule has 13 heavy (non-hydrogen) atoms. The highest BCUT2D eigenvalue weighted by molar-refractivity contribution is 5.64. The van der Waals surface area contributed by atoms with Crippen LogP contribution in [0.2, 0.25) is 0 Å². The molecule has 0 amide bonds. The van der Waals surface area contributed by atoms with Crippen LogP contribution >= 0.6 is 0 Å². The molecule has 1 heteroatoms. The molecule has 0 unspecified atom stereocenters. The van der Waals surface area contributed by atoms with Crippen molar-refractivity contribution in [2.24, 2.45) is 0 Å². The van der Waals surface area contributed by atoms with Crippen molar-refractivity contribution in [3.8, 4) is 0 Å². The lowest BCUT2D eigenvalue weighted by Crippen LogP contribution is -1.92. The molecule has 0 aliphatic carbocycles. The molecule has 1 N–H and O–H groups in total. The van der Waals surface area contributed by atoms with Crippen LogP contribution in [0, 0.1) is 0 Å². The van der Waals surface area contributed by atoms with E-state index in [1.807, 2.05) is 0 Å². The van der Waals surface area contributed by atoms with Crippen molar-refractivity contribution in [2.75, 3.05) is 5.32 Å². The summed E-state index contributed by atoms with van der Waals surface area (Å²) in [5.74, 6) is 0.600. The van der Waals surface area contributed by atoms with Crippen molar-refractivity contribution in [2.45, 2.75) is 26.2 Å². The Hall–Kier alpha value is -1.24. The van der Waals surface area contributed by atoms with Gasteiger partial charge in [0.25, 0.3) is 0 Å². The van der Waals surface area contributed by atoms with E-state index >= 15 is 0 Å². The van der Waals surface area contributed by atoms with Gasteiger partial charge in [0.2, 0.25) is 0 Å². The molecule has 1 heterocycles. The average Bonchev–Trinajstić information content (AvgIpc) is 2.43. The van der Waals surface area contributed by atoms with Crippen LogP contribution in [0.15, 0.2) is 30.5 Å². The van der Waals surface area contributed by atoms with Gasteiger partial charge in [0.15, 0.2) is 0 Å². The van der Waals surface area contributed by atoms with Crippen LogP contribution in [0.4, 0.5) is 5.69 Å². The largest absolute Gasteiger partial charge is 0.359 e. The van der Waals surface area contributed by atoms with E-state index in [0.29, 0.717) is 5.92 Å². The van der Waals surface area contributed by atoms with E-state index in [0.717, 1.165) is 12.1 Å². The van der Waals surface area contributed by atoms with Crippen molar-refractivity contribution in [1.29, 1.82) is 0 Å². The average molecular weight is 173 g/mol. The van der Waals surface area contributed by atoms with E-state index in [4.69, 9.17) is 0 Å². The summed E-state index contributed by atoms with van der Waals surface area (Å²) in [6.07, 6.45) is 0.990. The quantitative estimate of drug-likeness (QED) is 0.687. The molecular formula is C12H15N. The second kappa shape index (κ2) is 2.91. The molecule has 0 bridgehead atoms. The molecule has 1 aromatic carbocycles. The highest BCUT2D eigenvalue weighted by Crippen LogP contribution is 2.33. The second-order valence-electron chi connectivity index (χ2n) is 3.93. The van der Waals surface area contributed by atoms with Gasteiger partial charge in [-0.1, -0.05) is 32.6 Å². The monoisotopic (exact) mass is 173 g/mol. The standard InChI is InChI=1S/C12H15N/c1-8(2)10-5-4-6-12-11(10)7-9(3)13-12/h4-6,8,13H,3,7H2,1-2H3. The molecule has 0 radical (unpaired) electrons. The fourth-order valence-corrected chi connectivity index (χ4v) is 1.91. The number of hydrogen-bond acceptors (Lipinski definition) is 1. The van der Waals surface area contributed by atoms with Gasteiger partial charge >= 0.3 is 0 Å². The van der Waals surface area contributed by atoms with E-state index in [1.165, 1.54) is 16.8 Å². The number of rotatable bonds is 1. The SMILES string of the molecule is C=C1Cc2c(cccc2C(C)C)N1. The Bertz CT molecular complexity index is 350. The number of allylic oxidation sites excluding steroid dienone is 1. The zero-order valence-electron chi connectivity index (χ0n) is 8.22. The zero-order chi connectivity index (χ0) is 9.42. The fourth-order valence-electron chi connectivity index (χ4n) is 1.91. The van der Waals surface area contributed by atoms with Crippen LogP contribution < -0.4 is 5.32 Å². The van der Waals surface area contributed by atoms with Crippen LogP contribution in [0.25, 0.3) is 0 Å². The van der Waals surface area contributed by atoms with Crippen molar-refractivity contribution < 1.29 is 0 Å². The zero-order valence-corrected chi connectivity index (χ0v) is 8.22. The first-order chi connectivity index (χ1) is 6.18. The number of hydrogen-bond donors (Lipinski definition) is 1. The molecule has 0 saturated carbocycles. The van der Waals surface area contributed by atoms with E-state index in [2.05, 4.69) is 43.9 Å². The van der Waals surface area contributed by atoms with E-state index in [9.17, 15) is 0 Å². The lowest BCUT2D eigenvalue weighted by Gasteiger charge is -2.10. The summed E-state index contributed by atoms with van der Waals surface area (Å²) < 4.78 is 0. The molecule has 1 nitrogen and oxygen atoms in total. The van der Waals surface area contributed by atoms with Gasteiger partial charge in [0, 0.05) is 17.8 Å². The predicted octanol–water partition coefficient (Wildman–Crippen LogP) is 3.29. The summed E-state index contributed by atoms with van der Waals surface area (Å²) in [7, 11) is 0. The van der Waals surface area contributed by atoms with Crippen LogP contribution in [-0.2, 0) is 6.42 Å². The minimum atomic E-state index is 0.600. The van der Waals surface area contributed by atoms with Crippen molar-refractivity contribution in [1.82, 2.24) is 0 Å². The summed E-state index contributed by atoms with van der Waals surface area (Å²) in [4.78, 5) is 0. The number of nitrogens with one attached hydrogen (secondary N) is 1. The number of benzene rings is 1. The van der Waals surface area contributed by atoms with Crippen molar-refractivity contribution >= 4 is 5.69 Å². The Labute approximate surface area is 79.5 Å². The van der Waals surface area contributed by atoms with Crippen LogP contribution in [0.1, 0.15) is 30.9 Å². The highest BCUT2D eigenvalue weighted by Gasteiger charge is 2.17. The van der Waals surface area contributed by atoms with Gasteiger partial charge in [-0.15, -0.1) is 0 Å². The molecule has 0 aromatic heterocycles. The number of fused-ring (bicyclic) bond motifs is 1. The molecule has 0 atom stereocenters. The third-order valence-electron chi connectivity index (χ3n) is 2.54. The fraction of sp³-hybridized carbons (Fsp3) is 0.333. The van der Waals surface area contributed by atoms with E-state index in [1.54, 1.807) is 0 Å². The summed E-state index contributed by atoms with van der Waals surface area (Å²) >= 11 is 0. The Morgan fingerprint density at radius 2 is 2.15 bits per heavy atom. The minimum absolute atomic E-state index is 0.600. The smallest absolute Gasteiger partial charge is 0.0421 e. The third-order valence-corrected chi connectivity index (χ3v) is 2.54.